The molecule has 0 fully saturated rings. The predicted molar refractivity (Wildman–Crippen MR) is 111 cm³/mol. The molecule has 164 valence electrons. The average Bonchev–Trinajstić information content (AvgIpc) is 2.73. The highest BCUT2D eigenvalue weighted by molar-refractivity contribution is 6.04. The molecule has 4 rings (SSSR count). The van der Waals surface area contributed by atoms with E-state index in [0.717, 1.165) is 18.2 Å². The van der Waals surface area contributed by atoms with Crippen LogP contribution in [-0.2, 0) is 15.8 Å². The maximum Gasteiger partial charge on any atom is 0.416 e. The fraction of sp³-hybridized carbons (Fsp3) is 0.143. The van der Waals surface area contributed by atoms with Gasteiger partial charge in [-0.25, -0.2) is 0 Å². The number of nitrogens with zero attached hydrogens (tertiary/aromatic N) is 1. The lowest BCUT2D eigenvalue weighted by Crippen LogP contribution is -2.36. The number of anilines is 4. The number of halogens is 3. The fourth-order valence-electron chi connectivity index (χ4n) is 3.32. The van der Waals surface area contributed by atoms with Gasteiger partial charge in [-0.05, 0) is 30.3 Å². The van der Waals surface area contributed by atoms with E-state index in [0.29, 0.717) is 5.69 Å². The van der Waals surface area contributed by atoms with Crippen molar-refractivity contribution in [1.29, 1.82) is 0 Å². The molecule has 1 atom stereocenters. The summed E-state index contributed by atoms with van der Waals surface area (Å²) in [5.41, 5.74) is -1.14. The SMILES string of the molecule is O=C1CC(C(=O)Nc2cccc(C(F)(F)F)c2)c2c(nc(Nc3ccccc3)[nH]c2=O)N1. The Bertz CT molecular complexity index is 1240. The van der Waals surface area contributed by atoms with E-state index in [4.69, 9.17) is 0 Å². The van der Waals surface area contributed by atoms with Gasteiger partial charge in [-0.1, -0.05) is 24.3 Å². The molecular weight excluding hydrogens is 427 g/mol. The Morgan fingerprint density at radius 1 is 1.03 bits per heavy atom. The van der Waals surface area contributed by atoms with E-state index < -0.39 is 35.0 Å². The lowest BCUT2D eigenvalue weighted by molar-refractivity contribution is -0.137. The number of fused-ring (bicyclic) bond motifs is 1. The van der Waals surface area contributed by atoms with Crippen LogP contribution in [0.1, 0.15) is 23.5 Å². The van der Waals surface area contributed by atoms with Crippen LogP contribution in [0.2, 0.25) is 0 Å². The molecule has 4 N–H and O–H groups in total. The van der Waals surface area contributed by atoms with E-state index in [-0.39, 0.29) is 29.4 Å². The molecule has 0 spiro atoms. The summed E-state index contributed by atoms with van der Waals surface area (Å²) in [6.45, 7) is 0. The molecule has 0 aliphatic carbocycles. The Kier molecular flexibility index (Phi) is 5.39. The van der Waals surface area contributed by atoms with Crippen LogP contribution < -0.4 is 21.5 Å². The number of carbonyl (C=O) groups is 2. The zero-order chi connectivity index (χ0) is 22.9. The zero-order valence-corrected chi connectivity index (χ0v) is 16.3. The number of carbonyl (C=O) groups excluding carboxylic acids is 2. The summed E-state index contributed by atoms with van der Waals surface area (Å²) in [7, 11) is 0. The van der Waals surface area contributed by atoms with Crippen molar-refractivity contribution in [2.75, 3.05) is 16.0 Å². The normalized spacial score (nSPS) is 15.5. The summed E-state index contributed by atoms with van der Waals surface area (Å²) in [4.78, 5) is 44.4. The molecule has 0 radical (unpaired) electrons. The first-order valence-corrected chi connectivity index (χ1v) is 9.45. The van der Waals surface area contributed by atoms with Gasteiger partial charge in [0.1, 0.15) is 5.82 Å². The summed E-state index contributed by atoms with van der Waals surface area (Å²) in [6.07, 6.45) is -4.94. The van der Waals surface area contributed by atoms with Crippen LogP contribution in [-0.4, -0.2) is 21.8 Å². The molecule has 1 unspecified atom stereocenters. The molecule has 0 saturated carbocycles. The number of aromatic nitrogens is 2. The van der Waals surface area contributed by atoms with Crippen LogP contribution in [0, 0.1) is 0 Å². The van der Waals surface area contributed by atoms with E-state index in [9.17, 15) is 27.6 Å². The van der Waals surface area contributed by atoms with E-state index in [1.807, 2.05) is 6.07 Å². The van der Waals surface area contributed by atoms with E-state index in [1.165, 1.54) is 6.07 Å². The van der Waals surface area contributed by atoms with Crippen molar-refractivity contribution in [3.8, 4) is 0 Å². The first kappa shape index (κ1) is 21.1. The van der Waals surface area contributed by atoms with Gasteiger partial charge < -0.3 is 16.0 Å². The number of amides is 2. The van der Waals surface area contributed by atoms with Gasteiger partial charge in [-0.15, -0.1) is 0 Å². The Hall–Kier alpha value is -4.15. The second-order valence-electron chi connectivity index (χ2n) is 7.04. The number of rotatable bonds is 4. The van der Waals surface area contributed by atoms with E-state index in [1.54, 1.807) is 24.3 Å². The fourth-order valence-corrected chi connectivity index (χ4v) is 3.32. The highest BCUT2D eigenvalue weighted by Gasteiger charge is 2.35. The number of para-hydroxylation sites is 1. The van der Waals surface area contributed by atoms with Gasteiger partial charge in [0.05, 0.1) is 17.0 Å². The molecule has 8 nitrogen and oxygen atoms in total. The highest BCUT2D eigenvalue weighted by Crippen LogP contribution is 2.32. The Balaban J connectivity index is 1.62. The topological polar surface area (TPSA) is 116 Å². The molecule has 1 aromatic heterocycles. The minimum Gasteiger partial charge on any atom is -0.326 e. The van der Waals surface area contributed by atoms with Crippen LogP contribution >= 0.6 is 0 Å². The molecule has 2 heterocycles. The first-order valence-electron chi connectivity index (χ1n) is 9.45. The zero-order valence-electron chi connectivity index (χ0n) is 16.3. The minimum absolute atomic E-state index is 0.0548. The van der Waals surface area contributed by atoms with Crippen LogP contribution in [0.3, 0.4) is 0 Å². The van der Waals surface area contributed by atoms with Gasteiger partial charge >= 0.3 is 6.18 Å². The number of aromatic amines is 1. The van der Waals surface area contributed by atoms with Crippen LogP contribution in [0.4, 0.5) is 36.3 Å². The third kappa shape index (κ3) is 4.46. The summed E-state index contributed by atoms with van der Waals surface area (Å²) >= 11 is 0. The van der Waals surface area contributed by atoms with Crippen molar-refractivity contribution < 1.29 is 22.8 Å². The molecule has 0 saturated heterocycles. The lowest BCUT2D eigenvalue weighted by Gasteiger charge is -2.23. The minimum atomic E-state index is -4.58. The number of nitrogens with one attached hydrogen (secondary N) is 4. The van der Waals surface area contributed by atoms with Crippen molar-refractivity contribution in [3.63, 3.8) is 0 Å². The number of hydrogen-bond donors (Lipinski definition) is 4. The molecule has 1 aliphatic rings. The third-order valence-electron chi connectivity index (χ3n) is 4.76. The van der Waals surface area contributed by atoms with Crippen LogP contribution in [0.15, 0.2) is 59.4 Å². The summed E-state index contributed by atoms with van der Waals surface area (Å²) in [6, 6.07) is 12.9. The van der Waals surface area contributed by atoms with Crippen molar-refractivity contribution in [1.82, 2.24) is 9.97 Å². The molecule has 11 heteroatoms. The van der Waals surface area contributed by atoms with E-state index >= 15 is 0 Å². The van der Waals surface area contributed by atoms with Gasteiger partial charge in [0.15, 0.2) is 0 Å². The smallest absolute Gasteiger partial charge is 0.326 e. The van der Waals surface area contributed by atoms with Gasteiger partial charge in [-0.2, -0.15) is 18.2 Å². The van der Waals surface area contributed by atoms with Gasteiger partial charge in [0.2, 0.25) is 17.8 Å². The molecule has 0 bridgehead atoms. The quantitative estimate of drug-likeness (QED) is 0.492. The number of alkyl halides is 3. The predicted octanol–water partition coefficient (Wildman–Crippen LogP) is 3.60. The molecule has 2 amide bonds. The van der Waals surface area contributed by atoms with Gasteiger partial charge in [0.25, 0.3) is 5.56 Å². The number of benzene rings is 2. The Labute approximate surface area is 178 Å². The standard InChI is InChI=1S/C21H16F3N5O3/c22-21(23,24)11-5-4-8-13(9-11)25-18(31)14-10-15(30)27-17-16(14)19(32)29-20(28-17)26-12-6-2-1-3-7-12/h1-9,14H,10H2,(H,25,31)(H3,26,27,28,29,30,32). The highest BCUT2D eigenvalue weighted by atomic mass is 19.4. The second kappa shape index (κ2) is 8.17. The molecule has 1 aliphatic heterocycles. The Morgan fingerprint density at radius 2 is 1.75 bits per heavy atom. The van der Waals surface area contributed by atoms with Crippen LogP contribution in [0.25, 0.3) is 0 Å². The van der Waals surface area contributed by atoms with Gasteiger partial charge in [-0.3, -0.25) is 19.4 Å². The molecule has 32 heavy (non-hydrogen) atoms. The maximum absolute atomic E-state index is 12.9. The summed E-state index contributed by atoms with van der Waals surface area (Å²) in [5, 5.41) is 7.71. The average molecular weight is 443 g/mol. The van der Waals surface area contributed by atoms with Crippen LogP contribution in [0.5, 0.6) is 0 Å². The van der Waals surface area contributed by atoms with Crippen molar-refractivity contribution >= 4 is 35.0 Å². The summed E-state index contributed by atoms with van der Waals surface area (Å²) in [5.74, 6) is -2.61. The molecule has 2 aromatic carbocycles. The third-order valence-corrected chi connectivity index (χ3v) is 4.76. The van der Waals surface area contributed by atoms with Crippen molar-refractivity contribution in [3.05, 3.63) is 76.1 Å². The monoisotopic (exact) mass is 443 g/mol. The van der Waals surface area contributed by atoms with Gasteiger partial charge in [0, 0.05) is 17.8 Å². The maximum atomic E-state index is 12.9. The number of H-pyrrole nitrogens is 1. The van der Waals surface area contributed by atoms with Crippen molar-refractivity contribution in [2.24, 2.45) is 0 Å². The largest absolute Gasteiger partial charge is 0.416 e. The second-order valence-corrected chi connectivity index (χ2v) is 7.04. The molecule has 3 aromatic rings. The lowest BCUT2D eigenvalue weighted by atomic mass is 9.92. The van der Waals surface area contributed by atoms with E-state index in [2.05, 4.69) is 25.9 Å². The molecular formula is C21H16F3N5O3. The number of hydrogen-bond acceptors (Lipinski definition) is 5. The summed E-state index contributed by atoms with van der Waals surface area (Å²) < 4.78 is 38.8. The van der Waals surface area contributed by atoms with Crippen molar-refractivity contribution in [2.45, 2.75) is 18.5 Å². The first-order chi connectivity index (χ1) is 15.2. The Morgan fingerprint density at radius 3 is 2.47 bits per heavy atom.